The molecule has 49 heavy (non-hydrogen) atoms. The van der Waals surface area contributed by atoms with Gasteiger partial charge >= 0.3 is 308 Å². The van der Waals surface area contributed by atoms with E-state index in [1.807, 2.05) is 0 Å². The van der Waals surface area contributed by atoms with Crippen molar-refractivity contribution in [1.29, 1.82) is 0 Å². The molecule has 260 valence electrons. The molecule has 2 N–H and O–H groups in total. The van der Waals surface area contributed by atoms with Crippen molar-refractivity contribution in [3.63, 3.8) is 0 Å². The Kier molecular flexibility index (Phi) is 11.1. The van der Waals surface area contributed by atoms with Crippen LogP contribution in [0.1, 0.15) is 113 Å². The number of phenolic OH excluding ortho intramolecular Hbond substituents is 2. The normalized spacial score (nSPS) is 21.3. The number of hydrogen-bond donors (Lipinski definition) is 2. The first kappa shape index (κ1) is 36.7. The van der Waals surface area contributed by atoms with Gasteiger partial charge in [-0.1, -0.05) is 0 Å². The summed E-state index contributed by atoms with van der Waals surface area (Å²) >= 11 is -0.313. The Labute approximate surface area is 306 Å². The van der Waals surface area contributed by atoms with Crippen molar-refractivity contribution >= 4 is 15.9 Å². The first-order chi connectivity index (χ1) is 23.2. The van der Waals surface area contributed by atoms with E-state index in [4.69, 9.17) is 0 Å². The maximum atomic E-state index is 12.0. The van der Waals surface area contributed by atoms with Gasteiger partial charge in [0.05, 0.1) is 0 Å². The summed E-state index contributed by atoms with van der Waals surface area (Å²) in [5, 5.41) is 25.5. The SMILES string of the molecule is Cc1ccccc1-c1cc(C(C)(C)C)cc(C[S]2=[Ti]=[S](Cc3cc(C(C)(C)C)cc(-c4ccccc4C)c3O)[C@H]3CCCCCCC32)c1O. The zero-order valence-corrected chi connectivity index (χ0v) is 34.1. The van der Waals surface area contributed by atoms with E-state index < -0.39 is 0 Å². The van der Waals surface area contributed by atoms with Crippen LogP contribution in [0.15, 0.2) is 72.8 Å². The molecule has 4 aromatic rings. The van der Waals surface area contributed by atoms with Crippen molar-refractivity contribution in [3.8, 4) is 33.8 Å². The number of fused-ring (bicyclic) bond motifs is 1. The fourth-order valence-corrected chi connectivity index (χ4v) is 28.4. The second-order valence-electron chi connectivity index (χ2n) is 16.5. The van der Waals surface area contributed by atoms with Gasteiger partial charge in [0.1, 0.15) is 0 Å². The van der Waals surface area contributed by atoms with Gasteiger partial charge in [-0.05, 0) is 0 Å². The number of phenols is 2. The topological polar surface area (TPSA) is 40.5 Å². The summed E-state index contributed by atoms with van der Waals surface area (Å²) < 4.78 is 0. The van der Waals surface area contributed by atoms with Gasteiger partial charge in [-0.15, -0.1) is 0 Å². The van der Waals surface area contributed by atoms with Crippen molar-refractivity contribution in [2.75, 3.05) is 0 Å². The van der Waals surface area contributed by atoms with Gasteiger partial charge in [0, 0.05) is 0 Å². The maximum absolute atomic E-state index is 12.0. The summed E-state index contributed by atoms with van der Waals surface area (Å²) in [7, 11) is 0.578. The van der Waals surface area contributed by atoms with Gasteiger partial charge in [0.2, 0.25) is 0 Å². The van der Waals surface area contributed by atoms with Gasteiger partial charge in [-0.3, -0.25) is 0 Å². The van der Waals surface area contributed by atoms with Crippen LogP contribution in [0.2, 0.25) is 0 Å². The molecule has 1 heterocycles. The molecule has 5 heteroatoms. The molecule has 1 fully saturated rings. The van der Waals surface area contributed by atoms with Gasteiger partial charge in [-0.25, -0.2) is 0 Å². The second kappa shape index (κ2) is 14.9. The molecule has 0 saturated heterocycles. The van der Waals surface area contributed by atoms with Crippen LogP contribution < -0.4 is 0 Å². The minimum absolute atomic E-state index is 0.00751. The van der Waals surface area contributed by atoms with Crippen LogP contribution in [0.25, 0.3) is 22.3 Å². The molecule has 1 aliphatic heterocycles. The van der Waals surface area contributed by atoms with Crippen LogP contribution in [-0.2, 0) is 37.8 Å². The zero-order valence-electron chi connectivity index (χ0n) is 31.0. The summed E-state index contributed by atoms with van der Waals surface area (Å²) in [5.41, 5.74) is 11.6. The van der Waals surface area contributed by atoms with Gasteiger partial charge in [0.25, 0.3) is 0 Å². The third kappa shape index (κ3) is 8.04. The number of rotatable bonds is 6. The Balaban J connectivity index is 1.48. The van der Waals surface area contributed by atoms with Crippen LogP contribution in [0.5, 0.6) is 11.5 Å². The number of hydrogen-bond acceptors (Lipinski definition) is 2. The second-order valence-corrected chi connectivity index (χ2v) is 27.9. The number of aromatic hydroxyl groups is 2. The molecule has 2 aliphatic rings. The van der Waals surface area contributed by atoms with E-state index in [1.165, 1.54) is 60.8 Å². The monoisotopic (exact) mass is 728 g/mol. The molecule has 1 aliphatic carbocycles. The van der Waals surface area contributed by atoms with Crippen LogP contribution in [0.3, 0.4) is 0 Å². The molecule has 0 radical (unpaired) electrons. The molecule has 0 spiro atoms. The average Bonchev–Trinajstić information content (AvgIpc) is 3.32. The molecule has 4 aromatic carbocycles. The molecule has 0 aromatic heterocycles. The molecule has 0 amide bonds. The zero-order chi connectivity index (χ0) is 35.1. The first-order valence-corrected chi connectivity index (χ1v) is 25.0. The van der Waals surface area contributed by atoms with Crippen molar-refractivity contribution < 1.29 is 25.7 Å². The third-order valence-electron chi connectivity index (χ3n) is 10.7. The molecular formula is C44H56O2S2Ti. The Morgan fingerprint density at radius 2 is 0.959 bits per heavy atom. The van der Waals surface area contributed by atoms with E-state index in [2.05, 4.69) is 128 Å². The fourth-order valence-electron chi connectivity index (χ4n) is 7.57. The molecule has 6 rings (SSSR count). The first-order valence-electron chi connectivity index (χ1n) is 18.2. The molecule has 0 bridgehead atoms. The van der Waals surface area contributed by atoms with Gasteiger partial charge in [0.15, 0.2) is 0 Å². The summed E-state index contributed by atoms with van der Waals surface area (Å²) in [6.45, 7) is 18.1. The van der Waals surface area contributed by atoms with Crippen molar-refractivity contribution in [2.45, 2.75) is 127 Å². The fraction of sp³-hybridized carbons (Fsp3) is 0.455. The molecule has 4 atom stereocenters. The van der Waals surface area contributed by atoms with Crippen LogP contribution in [-0.4, -0.2) is 20.7 Å². The van der Waals surface area contributed by atoms with E-state index in [9.17, 15) is 10.2 Å². The summed E-state index contributed by atoms with van der Waals surface area (Å²) in [5.74, 6) is 2.99. The van der Waals surface area contributed by atoms with Crippen LogP contribution in [0, 0.1) is 13.8 Å². The van der Waals surface area contributed by atoms with E-state index in [-0.39, 0.29) is 42.2 Å². The Hall–Kier alpha value is -2.11. The molecule has 2 nitrogen and oxygen atoms in total. The van der Waals surface area contributed by atoms with Gasteiger partial charge in [-0.2, -0.15) is 0 Å². The number of benzene rings is 4. The quantitative estimate of drug-likeness (QED) is 0.194. The predicted octanol–water partition coefficient (Wildman–Crippen LogP) is 12.9. The van der Waals surface area contributed by atoms with Crippen molar-refractivity contribution in [3.05, 3.63) is 106 Å². The summed E-state index contributed by atoms with van der Waals surface area (Å²) in [6, 6.07) is 26.2. The van der Waals surface area contributed by atoms with E-state index in [0.717, 1.165) is 55.4 Å². The molecule has 1 saturated carbocycles. The van der Waals surface area contributed by atoms with Crippen LogP contribution in [0.4, 0.5) is 0 Å². The number of aryl methyl sites for hydroxylation is 2. The molecule has 3 unspecified atom stereocenters. The van der Waals surface area contributed by atoms with Crippen LogP contribution >= 0.6 is 15.9 Å². The van der Waals surface area contributed by atoms with Crippen molar-refractivity contribution in [1.82, 2.24) is 0 Å². The molecular weight excluding hydrogens is 672 g/mol. The summed E-state index contributed by atoms with van der Waals surface area (Å²) in [6.07, 6.45) is 8.02. The van der Waals surface area contributed by atoms with E-state index >= 15 is 0 Å². The third-order valence-corrected chi connectivity index (χ3v) is 26.6. The summed E-state index contributed by atoms with van der Waals surface area (Å²) in [4.78, 5) is 0. The Morgan fingerprint density at radius 3 is 1.33 bits per heavy atom. The standard InChI is InChI=1S/C44H56O2S2.Ti/c1-29-17-13-15-19-35(29)37-25-33(43(3,4)5)23-31(41(37)45)27-47-39-21-11-9-10-12-22-40(39)48-28-32-24-34(44(6,7)8)26-38(42(32)46)36-20-16-14-18-30(36)2;/h13-20,23-26,39-40,45-46H,9-12,21-22,27-28H2,1-8H3;/t39-,40?;/m0./s1. The predicted molar refractivity (Wildman–Crippen MR) is 212 cm³/mol. The van der Waals surface area contributed by atoms with E-state index in [1.54, 1.807) is 0 Å². The van der Waals surface area contributed by atoms with Crippen molar-refractivity contribution in [2.24, 2.45) is 0 Å². The Bertz CT molecular complexity index is 1800. The van der Waals surface area contributed by atoms with Gasteiger partial charge < -0.3 is 0 Å². The van der Waals surface area contributed by atoms with E-state index in [0.29, 0.717) is 11.5 Å². The average molecular weight is 729 g/mol. The minimum atomic E-state index is -0.313. The Morgan fingerprint density at radius 1 is 0.571 bits per heavy atom.